The Hall–Kier alpha value is -2.83. The van der Waals surface area contributed by atoms with Crippen molar-refractivity contribution in [2.75, 3.05) is 13.6 Å². The van der Waals surface area contributed by atoms with Gasteiger partial charge in [-0.25, -0.2) is 0 Å². The van der Waals surface area contributed by atoms with Gasteiger partial charge < -0.3 is 20.1 Å². The summed E-state index contributed by atoms with van der Waals surface area (Å²) < 4.78 is 4.95. The van der Waals surface area contributed by atoms with Gasteiger partial charge in [-0.15, -0.1) is 0 Å². The van der Waals surface area contributed by atoms with Gasteiger partial charge in [0.15, 0.2) is 11.8 Å². The van der Waals surface area contributed by atoms with E-state index in [9.17, 15) is 0 Å². The monoisotopic (exact) mass is 326 g/mol. The number of rotatable bonds is 5. The average molecular weight is 326 g/mol. The van der Waals surface area contributed by atoms with Crippen LogP contribution >= 0.6 is 0 Å². The van der Waals surface area contributed by atoms with Crippen LogP contribution in [0.4, 0.5) is 0 Å². The lowest BCUT2D eigenvalue weighted by Gasteiger charge is -2.10. The molecule has 2 heterocycles. The topological polar surface area (TPSA) is 91.1 Å². The molecule has 2 aromatic heterocycles. The van der Waals surface area contributed by atoms with Crippen molar-refractivity contribution in [3.05, 3.63) is 47.2 Å². The Labute approximate surface area is 140 Å². The molecule has 0 saturated heterocycles. The molecule has 24 heavy (non-hydrogen) atoms. The fourth-order valence-electron chi connectivity index (χ4n) is 2.76. The summed E-state index contributed by atoms with van der Waals surface area (Å²) in [4.78, 5) is 11.8. The molecule has 0 amide bonds. The summed E-state index contributed by atoms with van der Waals surface area (Å²) in [7, 11) is 1.74. The summed E-state index contributed by atoms with van der Waals surface area (Å²) in [5.41, 5.74) is 3.73. The number of nitrogens with one attached hydrogen (secondary N) is 3. The van der Waals surface area contributed by atoms with Gasteiger partial charge in [0.2, 0.25) is 5.89 Å². The molecule has 7 nitrogen and oxygen atoms in total. The first-order valence-corrected chi connectivity index (χ1v) is 7.97. The normalized spacial score (nSPS) is 11.9. The van der Waals surface area contributed by atoms with Gasteiger partial charge in [0, 0.05) is 37.1 Å². The van der Waals surface area contributed by atoms with Crippen LogP contribution in [0.5, 0.6) is 0 Å². The van der Waals surface area contributed by atoms with Crippen LogP contribution in [0.2, 0.25) is 0 Å². The van der Waals surface area contributed by atoms with Crippen molar-refractivity contribution in [1.29, 1.82) is 0 Å². The second-order valence-electron chi connectivity index (χ2n) is 5.61. The first kappa shape index (κ1) is 16.0. The van der Waals surface area contributed by atoms with E-state index in [0.717, 1.165) is 18.9 Å². The summed E-state index contributed by atoms with van der Waals surface area (Å²) in [6, 6.07) is 8.37. The third kappa shape index (κ3) is 3.56. The molecule has 0 fully saturated rings. The minimum Gasteiger partial charge on any atom is -0.358 e. The van der Waals surface area contributed by atoms with Gasteiger partial charge in [-0.3, -0.25) is 4.99 Å². The van der Waals surface area contributed by atoms with E-state index in [4.69, 9.17) is 4.52 Å². The number of aliphatic imine (C=N–C) groups is 1. The van der Waals surface area contributed by atoms with Crippen molar-refractivity contribution in [3.8, 4) is 0 Å². The molecule has 126 valence electrons. The second kappa shape index (κ2) is 7.16. The second-order valence-corrected chi connectivity index (χ2v) is 5.61. The quantitative estimate of drug-likeness (QED) is 0.493. The van der Waals surface area contributed by atoms with Crippen LogP contribution in [-0.4, -0.2) is 34.7 Å². The molecule has 3 aromatic rings. The Morgan fingerprint density at radius 2 is 2.08 bits per heavy atom. The van der Waals surface area contributed by atoms with E-state index in [0.29, 0.717) is 18.3 Å². The van der Waals surface area contributed by atoms with Gasteiger partial charge in [0.25, 0.3) is 0 Å². The molecule has 0 radical (unpaired) electrons. The standard InChI is InChI=1S/C17H22N6O/c1-11-13(14-6-4-5-7-15(14)21-11)8-9-19-17(18-3)20-10-16-22-12(2)24-23-16/h4-7,21H,8-10H2,1-3H3,(H2,18,19,20). The summed E-state index contributed by atoms with van der Waals surface area (Å²) in [5, 5.41) is 11.6. The van der Waals surface area contributed by atoms with Crippen LogP contribution in [0.25, 0.3) is 10.9 Å². The van der Waals surface area contributed by atoms with Crippen molar-refractivity contribution in [1.82, 2.24) is 25.8 Å². The van der Waals surface area contributed by atoms with Gasteiger partial charge in [0.1, 0.15) is 0 Å². The largest absolute Gasteiger partial charge is 0.358 e. The molecular formula is C17H22N6O. The van der Waals surface area contributed by atoms with Gasteiger partial charge in [-0.05, 0) is 25.0 Å². The maximum absolute atomic E-state index is 4.95. The van der Waals surface area contributed by atoms with E-state index in [2.05, 4.69) is 55.9 Å². The van der Waals surface area contributed by atoms with E-state index >= 15 is 0 Å². The van der Waals surface area contributed by atoms with Gasteiger partial charge in [-0.2, -0.15) is 4.98 Å². The van der Waals surface area contributed by atoms with Crippen molar-refractivity contribution in [2.24, 2.45) is 4.99 Å². The Kier molecular flexibility index (Phi) is 4.79. The smallest absolute Gasteiger partial charge is 0.223 e. The van der Waals surface area contributed by atoms with Crippen LogP contribution in [0.1, 0.15) is 23.0 Å². The predicted octanol–water partition coefficient (Wildman–Crippen LogP) is 2.08. The number of H-pyrrole nitrogens is 1. The minimum absolute atomic E-state index is 0.475. The summed E-state index contributed by atoms with van der Waals surface area (Å²) in [6.45, 7) is 5.14. The van der Waals surface area contributed by atoms with Crippen LogP contribution in [-0.2, 0) is 13.0 Å². The zero-order valence-electron chi connectivity index (χ0n) is 14.2. The molecule has 3 rings (SSSR count). The fourth-order valence-corrected chi connectivity index (χ4v) is 2.76. The van der Waals surface area contributed by atoms with E-state index < -0.39 is 0 Å². The summed E-state index contributed by atoms with van der Waals surface area (Å²) in [5.74, 6) is 1.89. The summed E-state index contributed by atoms with van der Waals surface area (Å²) in [6.07, 6.45) is 0.915. The number of hydrogen-bond acceptors (Lipinski definition) is 4. The molecule has 0 unspecified atom stereocenters. The molecule has 7 heteroatoms. The van der Waals surface area contributed by atoms with E-state index in [1.807, 2.05) is 6.07 Å². The summed E-state index contributed by atoms with van der Waals surface area (Å²) >= 11 is 0. The van der Waals surface area contributed by atoms with Crippen LogP contribution in [0, 0.1) is 13.8 Å². The third-order valence-electron chi connectivity index (χ3n) is 3.90. The molecule has 3 N–H and O–H groups in total. The van der Waals surface area contributed by atoms with Gasteiger partial charge in [0.05, 0.1) is 6.54 Å². The highest BCUT2D eigenvalue weighted by Crippen LogP contribution is 2.21. The van der Waals surface area contributed by atoms with E-state index in [1.165, 1.54) is 22.2 Å². The maximum Gasteiger partial charge on any atom is 0.223 e. The van der Waals surface area contributed by atoms with Gasteiger partial charge in [-0.1, -0.05) is 23.4 Å². The van der Waals surface area contributed by atoms with Crippen LogP contribution < -0.4 is 10.6 Å². The minimum atomic E-state index is 0.475. The number of nitrogens with zero attached hydrogens (tertiary/aromatic N) is 3. The van der Waals surface area contributed by atoms with E-state index in [1.54, 1.807) is 14.0 Å². The number of hydrogen-bond donors (Lipinski definition) is 3. The molecule has 0 bridgehead atoms. The number of guanidine groups is 1. The molecular weight excluding hydrogens is 304 g/mol. The third-order valence-corrected chi connectivity index (χ3v) is 3.90. The van der Waals surface area contributed by atoms with Crippen molar-refractivity contribution < 1.29 is 4.52 Å². The highest BCUT2D eigenvalue weighted by atomic mass is 16.5. The average Bonchev–Trinajstić information content (AvgIpc) is 3.14. The lowest BCUT2D eigenvalue weighted by atomic mass is 10.1. The van der Waals surface area contributed by atoms with Crippen molar-refractivity contribution >= 4 is 16.9 Å². The molecule has 0 saturated carbocycles. The fraction of sp³-hybridized carbons (Fsp3) is 0.353. The number of aromatic nitrogens is 3. The lowest BCUT2D eigenvalue weighted by Crippen LogP contribution is -2.38. The number of fused-ring (bicyclic) bond motifs is 1. The molecule has 0 aliphatic carbocycles. The predicted molar refractivity (Wildman–Crippen MR) is 94.0 cm³/mol. The molecule has 0 aliphatic rings. The highest BCUT2D eigenvalue weighted by Gasteiger charge is 2.08. The SMILES string of the molecule is CN=C(NCCc1c(C)[nH]c2ccccc12)NCc1noc(C)n1. The van der Waals surface area contributed by atoms with Crippen molar-refractivity contribution in [2.45, 2.75) is 26.8 Å². The Bertz CT molecular complexity index is 848. The number of aryl methyl sites for hydroxylation is 2. The van der Waals surface area contributed by atoms with E-state index in [-0.39, 0.29) is 0 Å². The molecule has 1 aromatic carbocycles. The lowest BCUT2D eigenvalue weighted by molar-refractivity contribution is 0.387. The highest BCUT2D eigenvalue weighted by molar-refractivity contribution is 5.84. The first-order chi connectivity index (χ1) is 11.7. The maximum atomic E-state index is 4.95. The number of para-hydroxylation sites is 1. The molecule has 0 spiro atoms. The van der Waals surface area contributed by atoms with Crippen LogP contribution in [0.15, 0.2) is 33.8 Å². The first-order valence-electron chi connectivity index (χ1n) is 7.97. The Morgan fingerprint density at radius 3 is 2.83 bits per heavy atom. The Morgan fingerprint density at radius 1 is 1.25 bits per heavy atom. The molecule has 0 aliphatic heterocycles. The zero-order valence-corrected chi connectivity index (χ0v) is 14.2. The number of benzene rings is 1. The number of aromatic amines is 1. The Balaban J connectivity index is 1.55. The van der Waals surface area contributed by atoms with Crippen LogP contribution in [0.3, 0.4) is 0 Å². The van der Waals surface area contributed by atoms with Crippen molar-refractivity contribution in [3.63, 3.8) is 0 Å². The zero-order chi connectivity index (χ0) is 16.9. The molecule has 0 atom stereocenters. The van der Waals surface area contributed by atoms with Gasteiger partial charge >= 0.3 is 0 Å².